The van der Waals surface area contributed by atoms with E-state index in [1.54, 1.807) is 0 Å². The van der Waals surface area contributed by atoms with E-state index in [-0.39, 0.29) is 18.5 Å². The number of ether oxygens (including phenoxy) is 1. The maximum Gasteiger partial charge on any atom is 0.305 e. The van der Waals surface area contributed by atoms with Crippen molar-refractivity contribution in [1.29, 1.82) is 0 Å². The van der Waals surface area contributed by atoms with Crippen LogP contribution in [0, 0.1) is 0 Å². The number of allylic oxidation sites excluding steroid dienone is 2. The first kappa shape index (κ1) is 67.6. The summed E-state index contributed by atoms with van der Waals surface area (Å²) in [6, 6.07) is -0.539. The zero-order valence-corrected chi connectivity index (χ0v) is 46.8. The van der Waals surface area contributed by atoms with E-state index in [9.17, 15) is 19.8 Å². The molecule has 0 aliphatic heterocycles. The van der Waals surface area contributed by atoms with Crippen molar-refractivity contribution in [2.75, 3.05) is 13.2 Å². The molecule has 6 heteroatoms. The van der Waals surface area contributed by atoms with Gasteiger partial charge in [-0.3, -0.25) is 9.59 Å². The molecule has 1 amide bonds. The Morgan fingerprint density at radius 1 is 0.391 bits per heavy atom. The van der Waals surface area contributed by atoms with Gasteiger partial charge in [-0.2, -0.15) is 0 Å². The van der Waals surface area contributed by atoms with E-state index in [4.69, 9.17) is 4.74 Å². The quantitative estimate of drug-likeness (QED) is 0.0321. The Morgan fingerprint density at radius 2 is 0.681 bits per heavy atom. The molecule has 0 saturated heterocycles. The van der Waals surface area contributed by atoms with E-state index < -0.39 is 12.1 Å². The summed E-state index contributed by atoms with van der Waals surface area (Å²) in [6.45, 7) is 4.97. The van der Waals surface area contributed by atoms with Crippen LogP contribution in [0.3, 0.4) is 0 Å². The van der Waals surface area contributed by atoms with Crippen LogP contribution in [-0.2, 0) is 14.3 Å². The molecule has 0 fully saturated rings. The number of hydrogen-bond donors (Lipinski definition) is 3. The van der Waals surface area contributed by atoms with Crippen molar-refractivity contribution < 1.29 is 24.5 Å². The summed E-state index contributed by atoms with van der Waals surface area (Å²) in [5.41, 5.74) is 0. The molecule has 0 aromatic heterocycles. The number of unbranched alkanes of at least 4 members (excludes halogenated alkanes) is 46. The number of rotatable bonds is 59. The van der Waals surface area contributed by atoms with Gasteiger partial charge in [-0.05, 0) is 51.4 Å². The third kappa shape index (κ3) is 55.8. The Labute approximate surface area is 431 Å². The van der Waals surface area contributed by atoms with Crippen molar-refractivity contribution in [3.63, 3.8) is 0 Å². The Balaban J connectivity index is 3.35. The van der Waals surface area contributed by atoms with Crippen LogP contribution in [-0.4, -0.2) is 47.4 Å². The molecule has 3 N–H and O–H groups in total. The molecule has 0 spiro atoms. The molecular formula is C63H123NO5. The Morgan fingerprint density at radius 3 is 1.03 bits per heavy atom. The minimum absolute atomic E-state index is 0.0166. The molecule has 410 valence electrons. The second kappa shape index (κ2) is 59.2. The number of carbonyl (C=O) groups is 2. The van der Waals surface area contributed by atoms with Crippen LogP contribution in [0.1, 0.15) is 354 Å². The highest BCUT2D eigenvalue weighted by Crippen LogP contribution is 2.18. The zero-order valence-electron chi connectivity index (χ0n) is 46.8. The molecule has 0 heterocycles. The summed E-state index contributed by atoms with van der Waals surface area (Å²) < 4.78 is 5.47. The Hall–Kier alpha value is -1.40. The zero-order chi connectivity index (χ0) is 50.0. The smallest absolute Gasteiger partial charge is 0.305 e. The van der Waals surface area contributed by atoms with Crippen LogP contribution in [0.15, 0.2) is 12.2 Å². The lowest BCUT2D eigenvalue weighted by Crippen LogP contribution is -2.45. The van der Waals surface area contributed by atoms with Crippen molar-refractivity contribution in [1.82, 2.24) is 5.32 Å². The third-order valence-corrected chi connectivity index (χ3v) is 14.8. The van der Waals surface area contributed by atoms with Crippen molar-refractivity contribution in [3.05, 3.63) is 12.2 Å². The molecule has 2 atom stereocenters. The second-order valence-electron chi connectivity index (χ2n) is 21.7. The third-order valence-electron chi connectivity index (χ3n) is 14.8. The average molecular weight is 975 g/mol. The first-order valence-corrected chi connectivity index (χ1v) is 31.4. The van der Waals surface area contributed by atoms with E-state index in [0.29, 0.717) is 25.9 Å². The van der Waals surface area contributed by atoms with E-state index in [0.717, 1.165) is 38.5 Å². The van der Waals surface area contributed by atoms with E-state index in [1.807, 2.05) is 0 Å². The van der Waals surface area contributed by atoms with Crippen LogP contribution in [0.4, 0.5) is 0 Å². The minimum atomic E-state index is -0.661. The van der Waals surface area contributed by atoms with Gasteiger partial charge in [0.05, 0.1) is 25.4 Å². The molecule has 0 radical (unpaired) electrons. The number of hydrogen-bond acceptors (Lipinski definition) is 5. The van der Waals surface area contributed by atoms with Crippen LogP contribution >= 0.6 is 0 Å². The van der Waals surface area contributed by atoms with Crippen LogP contribution in [0.2, 0.25) is 0 Å². The lowest BCUT2D eigenvalue weighted by atomic mass is 10.0. The fourth-order valence-corrected chi connectivity index (χ4v) is 9.99. The summed E-state index contributed by atoms with van der Waals surface area (Å²) in [6.07, 6.45) is 70.9. The lowest BCUT2D eigenvalue weighted by molar-refractivity contribution is -0.143. The predicted molar refractivity (Wildman–Crippen MR) is 301 cm³/mol. The average Bonchev–Trinajstić information content (AvgIpc) is 3.35. The van der Waals surface area contributed by atoms with E-state index in [2.05, 4.69) is 31.3 Å². The van der Waals surface area contributed by atoms with Gasteiger partial charge in [-0.15, -0.1) is 0 Å². The van der Waals surface area contributed by atoms with Gasteiger partial charge in [0.15, 0.2) is 0 Å². The molecule has 0 aliphatic carbocycles. The largest absolute Gasteiger partial charge is 0.466 e. The Bertz CT molecular complexity index is 1030. The highest BCUT2D eigenvalue weighted by atomic mass is 16.5. The minimum Gasteiger partial charge on any atom is -0.466 e. The number of nitrogens with one attached hydrogen (secondary N) is 1. The molecule has 0 aromatic carbocycles. The van der Waals surface area contributed by atoms with Crippen molar-refractivity contribution in [2.24, 2.45) is 0 Å². The summed E-state index contributed by atoms with van der Waals surface area (Å²) in [5, 5.41) is 23.2. The fraction of sp³-hybridized carbons (Fsp3) is 0.937. The van der Waals surface area contributed by atoms with Crippen LogP contribution in [0.5, 0.6) is 0 Å². The van der Waals surface area contributed by atoms with Gasteiger partial charge >= 0.3 is 5.97 Å². The standard InChI is InChI=1S/C63H123NO5/c1-3-5-7-9-11-13-15-36-39-43-47-51-55-61(66)60(59-65)64-62(67)56-52-48-44-40-37-33-31-29-27-25-23-21-19-17-16-18-20-22-24-26-28-30-32-34-38-42-46-50-54-58-69-63(68)57-53-49-45-41-35-14-12-10-8-6-4-2/h16,18,60-61,65-66H,3-15,17,19-59H2,1-2H3,(H,64,67)/b18-16-. The maximum absolute atomic E-state index is 12.5. The monoisotopic (exact) mass is 974 g/mol. The highest BCUT2D eigenvalue weighted by molar-refractivity contribution is 5.76. The number of carbonyl (C=O) groups excluding carboxylic acids is 2. The summed E-state index contributed by atoms with van der Waals surface area (Å²) in [7, 11) is 0. The molecule has 0 aliphatic rings. The molecule has 6 nitrogen and oxygen atoms in total. The Kier molecular flexibility index (Phi) is 58.0. The van der Waals surface area contributed by atoms with Crippen molar-refractivity contribution >= 4 is 11.9 Å². The van der Waals surface area contributed by atoms with Gasteiger partial charge in [0, 0.05) is 12.8 Å². The molecule has 2 unspecified atom stereocenters. The molecule has 0 rings (SSSR count). The number of aliphatic hydroxyl groups is 2. The van der Waals surface area contributed by atoms with E-state index >= 15 is 0 Å². The molecule has 0 saturated carbocycles. The van der Waals surface area contributed by atoms with Gasteiger partial charge in [0.25, 0.3) is 0 Å². The van der Waals surface area contributed by atoms with Crippen molar-refractivity contribution in [2.45, 2.75) is 366 Å². The number of amides is 1. The number of esters is 1. The van der Waals surface area contributed by atoms with Gasteiger partial charge in [-0.25, -0.2) is 0 Å². The first-order chi connectivity index (χ1) is 34.0. The van der Waals surface area contributed by atoms with Gasteiger partial charge in [0.1, 0.15) is 0 Å². The topological polar surface area (TPSA) is 95.9 Å². The molecule has 0 bridgehead atoms. The normalized spacial score (nSPS) is 12.6. The SMILES string of the molecule is CCCCCCCCCCCCCCC(O)C(CO)NC(=O)CCCCCCCCCCCCCCC/C=C\CCCCCCCCCCCCCCOC(=O)CCCCCCCCCCCCC. The van der Waals surface area contributed by atoms with Crippen LogP contribution < -0.4 is 5.32 Å². The van der Waals surface area contributed by atoms with Gasteiger partial charge in [0.2, 0.25) is 5.91 Å². The van der Waals surface area contributed by atoms with Crippen LogP contribution in [0.25, 0.3) is 0 Å². The van der Waals surface area contributed by atoms with Gasteiger partial charge < -0.3 is 20.3 Å². The lowest BCUT2D eigenvalue weighted by Gasteiger charge is -2.22. The maximum atomic E-state index is 12.5. The van der Waals surface area contributed by atoms with E-state index in [1.165, 1.54) is 283 Å². The fourth-order valence-electron chi connectivity index (χ4n) is 9.99. The summed E-state index contributed by atoms with van der Waals surface area (Å²) >= 11 is 0. The highest BCUT2D eigenvalue weighted by Gasteiger charge is 2.20. The molecular weight excluding hydrogens is 851 g/mol. The molecule has 0 aromatic rings. The second-order valence-corrected chi connectivity index (χ2v) is 21.7. The molecule has 69 heavy (non-hydrogen) atoms. The first-order valence-electron chi connectivity index (χ1n) is 31.4. The predicted octanol–water partition coefficient (Wildman–Crippen LogP) is 19.6. The van der Waals surface area contributed by atoms with Gasteiger partial charge in [-0.1, -0.05) is 302 Å². The summed E-state index contributed by atoms with van der Waals surface area (Å²) in [4.78, 5) is 24.5. The number of aliphatic hydroxyl groups excluding tert-OH is 2. The summed E-state index contributed by atoms with van der Waals surface area (Å²) in [5.74, 6) is -0.0163. The van der Waals surface area contributed by atoms with Crippen molar-refractivity contribution in [3.8, 4) is 0 Å².